The Morgan fingerprint density at radius 2 is 1.75 bits per heavy atom. The van der Waals surface area contributed by atoms with Crippen molar-refractivity contribution in [2.24, 2.45) is 4.99 Å². The predicted octanol–water partition coefficient (Wildman–Crippen LogP) is 5.89. The van der Waals surface area contributed by atoms with Gasteiger partial charge in [0.25, 0.3) is 11.8 Å². The van der Waals surface area contributed by atoms with E-state index in [4.69, 9.17) is 9.41 Å². The second-order valence-electron chi connectivity index (χ2n) is 8.28. The highest BCUT2D eigenvalue weighted by atomic mass is 32.2. The van der Waals surface area contributed by atoms with E-state index in [1.807, 2.05) is 80.6 Å². The van der Waals surface area contributed by atoms with Gasteiger partial charge in [-0.1, -0.05) is 36.4 Å². The molecule has 5 rings (SSSR count). The molecule has 8 heteroatoms. The van der Waals surface area contributed by atoms with Crippen LogP contribution in [0.3, 0.4) is 0 Å². The van der Waals surface area contributed by atoms with Crippen LogP contribution >= 0.6 is 11.8 Å². The summed E-state index contributed by atoms with van der Waals surface area (Å²) in [5.74, 6) is 0.321. The second kappa shape index (κ2) is 10.1. The number of rotatable bonds is 6. The van der Waals surface area contributed by atoms with Crippen LogP contribution in [0.2, 0.25) is 0 Å². The van der Waals surface area contributed by atoms with Gasteiger partial charge in [-0.15, -0.1) is 0 Å². The molecule has 4 aromatic rings. The van der Waals surface area contributed by atoms with Crippen LogP contribution in [0.1, 0.15) is 33.1 Å². The molecule has 0 aliphatic carbocycles. The van der Waals surface area contributed by atoms with Gasteiger partial charge in [0.2, 0.25) is 0 Å². The molecule has 2 aromatic heterocycles. The molecule has 0 bridgehead atoms. The van der Waals surface area contributed by atoms with E-state index < -0.39 is 0 Å². The van der Waals surface area contributed by atoms with Crippen molar-refractivity contribution < 1.29 is 14.0 Å². The van der Waals surface area contributed by atoms with E-state index in [0.29, 0.717) is 21.4 Å². The summed E-state index contributed by atoms with van der Waals surface area (Å²) in [5, 5.41) is 0.583. The van der Waals surface area contributed by atoms with Crippen molar-refractivity contribution in [1.29, 1.82) is 0 Å². The highest BCUT2D eigenvalue weighted by molar-refractivity contribution is 8.18. The number of hydrogen-bond acceptors (Lipinski definition) is 5. The normalized spacial score (nSPS) is 15.7. The van der Waals surface area contributed by atoms with Crippen LogP contribution in [0.15, 0.2) is 99.4 Å². The smallest absolute Gasteiger partial charge is 0.270 e. The molecule has 1 aliphatic rings. The molecule has 0 unspecified atom stereocenters. The van der Waals surface area contributed by atoms with Gasteiger partial charge in [-0.05, 0) is 79.7 Å². The molecule has 0 atom stereocenters. The van der Waals surface area contributed by atoms with Gasteiger partial charge in [-0.2, -0.15) is 0 Å². The topological polar surface area (TPSA) is 79.8 Å². The SMILES string of the molecule is Cc1cc(/C=C2\SC(=Nc3ccccc3)N(Cc3ccco3)C2=O)c(C)n1NC(=O)c1ccccc1. The lowest BCUT2D eigenvalue weighted by Gasteiger charge is -2.13. The number of carbonyl (C=O) groups is 2. The summed E-state index contributed by atoms with van der Waals surface area (Å²) in [6, 6.07) is 24.2. The van der Waals surface area contributed by atoms with Gasteiger partial charge in [-0.25, -0.2) is 4.99 Å². The zero-order valence-corrected chi connectivity index (χ0v) is 20.7. The van der Waals surface area contributed by atoms with E-state index in [2.05, 4.69) is 5.43 Å². The van der Waals surface area contributed by atoms with Crippen molar-refractivity contribution in [2.75, 3.05) is 5.43 Å². The molecule has 36 heavy (non-hydrogen) atoms. The number of thioether (sulfide) groups is 1. The molecule has 0 saturated carbocycles. The monoisotopic (exact) mass is 496 g/mol. The van der Waals surface area contributed by atoms with Gasteiger partial charge in [0.1, 0.15) is 5.76 Å². The van der Waals surface area contributed by atoms with E-state index in [1.54, 1.807) is 34.0 Å². The largest absolute Gasteiger partial charge is 0.467 e. The molecule has 7 nitrogen and oxygen atoms in total. The Bertz CT molecular complexity index is 1460. The molecule has 1 fully saturated rings. The fraction of sp³-hybridized carbons (Fsp3) is 0.107. The van der Waals surface area contributed by atoms with E-state index in [0.717, 1.165) is 22.6 Å². The maximum atomic E-state index is 13.4. The lowest BCUT2D eigenvalue weighted by Crippen LogP contribution is -2.28. The van der Waals surface area contributed by atoms with Crippen molar-refractivity contribution >= 4 is 40.5 Å². The molecule has 1 aliphatic heterocycles. The van der Waals surface area contributed by atoms with Gasteiger partial charge in [0.15, 0.2) is 5.17 Å². The van der Waals surface area contributed by atoms with Gasteiger partial charge in [0.05, 0.1) is 23.4 Å². The van der Waals surface area contributed by atoms with Gasteiger partial charge in [0, 0.05) is 17.0 Å². The number of amidine groups is 1. The number of amides is 2. The predicted molar refractivity (Wildman–Crippen MR) is 142 cm³/mol. The Labute approximate surface area is 213 Å². The maximum Gasteiger partial charge on any atom is 0.270 e. The number of nitrogens with zero attached hydrogens (tertiary/aromatic N) is 3. The summed E-state index contributed by atoms with van der Waals surface area (Å²) in [7, 11) is 0. The third kappa shape index (κ3) is 4.89. The lowest BCUT2D eigenvalue weighted by atomic mass is 10.2. The van der Waals surface area contributed by atoms with Gasteiger partial charge >= 0.3 is 0 Å². The summed E-state index contributed by atoms with van der Waals surface area (Å²) < 4.78 is 7.23. The minimum Gasteiger partial charge on any atom is -0.467 e. The number of aryl methyl sites for hydroxylation is 1. The van der Waals surface area contributed by atoms with Crippen LogP contribution in [0.25, 0.3) is 6.08 Å². The third-order valence-corrected chi connectivity index (χ3v) is 6.78. The number of aliphatic imine (C=N–C) groups is 1. The first-order valence-electron chi connectivity index (χ1n) is 11.4. The first kappa shape index (κ1) is 23.4. The second-order valence-corrected chi connectivity index (χ2v) is 9.29. The zero-order chi connectivity index (χ0) is 25.1. The molecule has 2 aromatic carbocycles. The quantitative estimate of drug-likeness (QED) is 0.338. The molecule has 1 saturated heterocycles. The van der Waals surface area contributed by atoms with Crippen molar-refractivity contribution in [1.82, 2.24) is 9.58 Å². The highest BCUT2D eigenvalue weighted by Crippen LogP contribution is 2.36. The highest BCUT2D eigenvalue weighted by Gasteiger charge is 2.34. The van der Waals surface area contributed by atoms with E-state index in [1.165, 1.54) is 11.8 Å². The Morgan fingerprint density at radius 3 is 2.44 bits per heavy atom. The first-order chi connectivity index (χ1) is 17.5. The number of carbonyl (C=O) groups excluding carboxylic acids is 2. The molecular weight excluding hydrogens is 472 g/mol. The summed E-state index contributed by atoms with van der Waals surface area (Å²) in [6.07, 6.45) is 3.44. The number of aromatic nitrogens is 1. The Balaban J connectivity index is 1.45. The van der Waals surface area contributed by atoms with Gasteiger partial charge in [-0.3, -0.25) is 24.6 Å². The number of hydrogen-bond donors (Lipinski definition) is 1. The summed E-state index contributed by atoms with van der Waals surface area (Å²) in [4.78, 5) is 33.0. The number of nitrogens with one attached hydrogen (secondary N) is 1. The molecule has 3 heterocycles. The molecule has 0 radical (unpaired) electrons. The Morgan fingerprint density at radius 1 is 1.03 bits per heavy atom. The molecule has 0 spiro atoms. The van der Waals surface area contributed by atoms with Crippen molar-refractivity contribution in [3.05, 3.63) is 118 Å². The fourth-order valence-electron chi connectivity index (χ4n) is 3.90. The van der Waals surface area contributed by atoms with Crippen LogP contribution in [0.5, 0.6) is 0 Å². The molecule has 180 valence electrons. The molecular formula is C28H24N4O3S. The zero-order valence-electron chi connectivity index (χ0n) is 19.8. The summed E-state index contributed by atoms with van der Waals surface area (Å²) in [5.41, 5.74) is 6.79. The Hall–Kier alpha value is -4.30. The average Bonchev–Trinajstić information content (AvgIpc) is 3.58. The minimum absolute atomic E-state index is 0.149. The lowest BCUT2D eigenvalue weighted by molar-refractivity contribution is -0.122. The van der Waals surface area contributed by atoms with Crippen LogP contribution in [-0.2, 0) is 11.3 Å². The van der Waals surface area contributed by atoms with Crippen LogP contribution < -0.4 is 5.43 Å². The van der Waals surface area contributed by atoms with E-state index >= 15 is 0 Å². The number of para-hydroxylation sites is 1. The van der Waals surface area contributed by atoms with Crippen LogP contribution in [0, 0.1) is 13.8 Å². The van der Waals surface area contributed by atoms with Gasteiger partial charge < -0.3 is 4.42 Å². The van der Waals surface area contributed by atoms with Crippen molar-refractivity contribution in [2.45, 2.75) is 20.4 Å². The maximum absolute atomic E-state index is 13.4. The van der Waals surface area contributed by atoms with E-state index in [-0.39, 0.29) is 18.4 Å². The number of furan rings is 1. The Kier molecular flexibility index (Phi) is 6.60. The average molecular weight is 497 g/mol. The van der Waals surface area contributed by atoms with Crippen molar-refractivity contribution in [3.8, 4) is 0 Å². The van der Waals surface area contributed by atoms with Crippen LogP contribution in [0.4, 0.5) is 5.69 Å². The first-order valence-corrected chi connectivity index (χ1v) is 12.2. The summed E-state index contributed by atoms with van der Waals surface area (Å²) >= 11 is 1.32. The fourth-order valence-corrected chi connectivity index (χ4v) is 4.89. The van der Waals surface area contributed by atoms with Crippen LogP contribution in [-0.4, -0.2) is 26.6 Å². The third-order valence-electron chi connectivity index (χ3n) is 5.77. The summed E-state index contributed by atoms with van der Waals surface area (Å²) in [6.45, 7) is 4.11. The van der Waals surface area contributed by atoms with E-state index in [9.17, 15) is 9.59 Å². The van der Waals surface area contributed by atoms with Crippen molar-refractivity contribution in [3.63, 3.8) is 0 Å². The molecule has 1 N–H and O–H groups in total. The minimum atomic E-state index is -0.204. The standard InChI is InChI=1S/C28H24N4O3S/c1-19-16-22(20(2)32(19)30-26(33)21-10-5-3-6-11-21)17-25-27(34)31(18-24-14-9-15-35-24)28(36-25)29-23-12-7-4-8-13-23/h3-17H,18H2,1-2H3,(H,30,33)/b25-17-,29-28?. The molecule has 2 amide bonds. The number of benzene rings is 2.